The van der Waals surface area contributed by atoms with Crippen LogP contribution in [0.2, 0.25) is 10.0 Å². The van der Waals surface area contributed by atoms with Crippen molar-refractivity contribution in [1.29, 1.82) is 0 Å². The van der Waals surface area contributed by atoms with Crippen LogP contribution in [0, 0.1) is 5.82 Å². The second-order valence-electron chi connectivity index (χ2n) is 12.7. The van der Waals surface area contributed by atoms with E-state index in [1.807, 2.05) is 60.7 Å². The monoisotopic (exact) mass is 747 g/mol. The Labute approximate surface area is 310 Å². The number of hydrogen-bond acceptors (Lipinski definition) is 6. The predicted octanol–water partition coefficient (Wildman–Crippen LogP) is 5.10. The van der Waals surface area contributed by atoms with E-state index in [9.17, 15) is 24.0 Å². The van der Waals surface area contributed by atoms with E-state index in [4.69, 9.17) is 39.4 Å². The van der Waals surface area contributed by atoms with Crippen molar-refractivity contribution in [2.75, 3.05) is 26.2 Å². The number of quaternary nitrogens is 1. The first-order valence-corrected chi connectivity index (χ1v) is 17.4. The Morgan fingerprint density at radius 3 is 2.08 bits per heavy atom. The molecule has 1 fully saturated rings. The number of ether oxygens (including phenoxy) is 1. The van der Waals surface area contributed by atoms with Gasteiger partial charge in [-0.2, -0.15) is 0 Å². The maximum absolute atomic E-state index is 15.5. The second-order valence-corrected chi connectivity index (χ2v) is 13.5. The van der Waals surface area contributed by atoms with Crippen molar-refractivity contribution in [1.82, 2.24) is 4.90 Å². The molecule has 4 N–H and O–H groups in total. The number of amides is 4. The standard InChI is InChI=1S/C39H37Cl2FN4O6/c40-28-16-15-27(31(41)21-28)18-20-46(37(38(44)50)30-13-7-8-14-32(30)42)23-35(48)45(33(22-36(46)49)39(51)52-24-34(43)47)19-17-29(25-9-3-1-4-10-25)26-11-5-2-6-12-26/h1-16,21,29,33,37H,17-20,22-24H2,(H3-,43,44,47,50)/p+1. The minimum Gasteiger partial charge on any atom is -0.454 e. The first kappa shape index (κ1) is 38.1. The highest BCUT2D eigenvalue weighted by Gasteiger charge is 2.55. The van der Waals surface area contributed by atoms with Crippen molar-refractivity contribution in [3.8, 4) is 0 Å². The van der Waals surface area contributed by atoms with Crippen molar-refractivity contribution in [3.63, 3.8) is 0 Å². The van der Waals surface area contributed by atoms with Gasteiger partial charge in [-0.15, -0.1) is 0 Å². The van der Waals surface area contributed by atoms with E-state index in [0.29, 0.717) is 17.0 Å². The van der Waals surface area contributed by atoms with Crippen LogP contribution in [0.25, 0.3) is 0 Å². The molecule has 0 spiro atoms. The fraction of sp³-hybridized carbons (Fsp3) is 0.256. The number of primary amides is 2. The van der Waals surface area contributed by atoms with Gasteiger partial charge in [0.15, 0.2) is 13.2 Å². The number of carbonyl (C=O) groups is 5. The maximum atomic E-state index is 15.5. The largest absolute Gasteiger partial charge is 0.454 e. The summed E-state index contributed by atoms with van der Waals surface area (Å²) in [6, 6.07) is 26.2. The summed E-state index contributed by atoms with van der Waals surface area (Å²) in [5.74, 6) is -5.46. The maximum Gasteiger partial charge on any atom is 0.330 e. The lowest BCUT2D eigenvalue weighted by Gasteiger charge is -2.40. The smallest absolute Gasteiger partial charge is 0.330 e. The van der Waals surface area contributed by atoms with Gasteiger partial charge < -0.3 is 21.1 Å². The van der Waals surface area contributed by atoms with Gasteiger partial charge in [-0.05, 0) is 47.4 Å². The van der Waals surface area contributed by atoms with E-state index in [2.05, 4.69) is 0 Å². The van der Waals surface area contributed by atoms with E-state index >= 15 is 4.39 Å². The van der Waals surface area contributed by atoms with E-state index in [0.717, 1.165) is 17.2 Å². The van der Waals surface area contributed by atoms with Gasteiger partial charge in [-0.3, -0.25) is 14.4 Å². The Balaban J connectivity index is 1.60. The van der Waals surface area contributed by atoms with E-state index in [1.54, 1.807) is 12.1 Å². The number of carbonyl (C=O) groups excluding carboxylic acids is 5. The van der Waals surface area contributed by atoms with E-state index in [-0.39, 0.29) is 36.0 Å². The summed E-state index contributed by atoms with van der Waals surface area (Å²) in [5, 5.41) is 0.653. The average molecular weight is 749 g/mol. The zero-order valence-electron chi connectivity index (χ0n) is 28.1. The van der Waals surface area contributed by atoms with Gasteiger partial charge in [0.2, 0.25) is 6.04 Å². The molecule has 3 unspecified atom stereocenters. The molecule has 1 saturated heterocycles. The Hall–Kier alpha value is -5.10. The first-order valence-electron chi connectivity index (χ1n) is 16.6. The van der Waals surface area contributed by atoms with Crippen LogP contribution in [-0.4, -0.2) is 71.3 Å². The van der Waals surface area contributed by atoms with Crippen molar-refractivity contribution >= 4 is 52.8 Å². The van der Waals surface area contributed by atoms with Gasteiger partial charge in [-0.25, -0.2) is 18.5 Å². The molecule has 1 aliphatic heterocycles. The van der Waals surface area contributed by atoms with Crippen molar-refractivity contribution < 1.29 is 37.6 Å². The lowest BCUT2D eigenvalue weighted by atomic mass is 9.88. The number of benzene rings is 4. The molecule has 0 saturated carbocycles. The number of nitrogens with zero attached hydrogens (tertiary/aromatic N) is 2. The number of halogens is 3. The highest BCUT2D eigenvalue weighted by molar-refractivity contribution is 6.35. The summed E-state index contributed by atoms with van der Waals surface area (Å²) >= 11 is 12.6. The fourth-order valence-corrected chi connectivity index (χ4v) is 7.42. The molecule has 5 rings (SSSR count). The van der Waals surface area contributed by atoms with Crippen LogP contribution < -0.4 is 11.5 Å². The van der Waals surface area contributed by atoms with Crippen LogP contribution in [0.1, 0.15) is 47.1 Å². The molecule has 0 aromatic heterocycles. The third kappa shape index (κ3) is 8.67. The van der Waals surface area contributed by atoms with Gasteiger partial charge in [0.05, 0.1) is 18.5 Å². The van der Waals surface area contributed by atoms with Crippen LogP contribution in [0.4, 0.5) is 4.39 Å². The summed E-state index contributed by atoms with van der Waals surface area (Å²) in [5.41, 5.74) is 13.5. The van der Waals surface area contributed by atoms with Gasteiger partial charge in [0, 0.05) is 28.9 Å². The third-order valence-electron chi connectivity index (χ3n) is 9.43. The molecule has 0 radical (unpaired) electrons. The average Bonchev–Trinajstić information content (AvgIpc) is 3.22. The summed E-state index contributed by atoms with van der Waals surface area (Å²) in [7, 11) is 0. The molecule has 1 aliphatic rings. The van der Waals surface area contributed by atoms with Gasteiger partial charge in [0.25, 0.3) is 17.7 Å². The predicted molar refractivity (Wildman–Crippen MR) is 193 cm³/mol. The summed E-state index contributed by atoms with van der Waals surface area (Å²) in [6.07, 6.45) is -0.258. The molecule has 4 aromatic rings. The van der Waals surface area contributed by atoms with Gasteiger partial charge >= 0.3 is 11.9 Å². The molecule has 4 amide bonds. The molecular weight excluding hydrogens is 710 g/mol. The third-order valence-corrected chi connectivity index (χ3v) is 10.0. The Bertz CT molecular complexity index is 1910. The van der Waals surface area contributed by atoms with Crippen LogP contribution in [0.5, 0.6) is 0 Å². The normalized spacial score (nSPS) is 18.2. The number of nitrogens with two attached hydrogens (primary N) is 2. The molecule has 10 nitrogen and oxygen atoms in total. The van der Waals surface area contributed by atoms with Crippen LogP contribution in [0.3, 0.4) is 0 Å². The zero-order valence-corrected chi connectivity index (χ0v) is 29.6. The van der Waals surface area contributed by atoms with Crippen LogP contribution in [0.15, 0.2) is 103 Å². The molecule has 1 heterocycles. The van der Waals surface area contributed by atoms with Crippen LogP contribution >= 0.6 is 23.2 Å². The molecular formula is C39H38Cl2FN4O6+. The molecule has 13 heteroatoms. The number of esters is 1. The van der Waals surface area contributed by atoms with Crippen molar-refractivity contribution in [2.24, 2.45) is 11.5 Å². The lowest BCUT2D eigenvalue weighted by molar-refractivity contribution is -0.868. The highest BCUT2D eigenvalue weighted by atomic mass is 35.5. The Morgan fingerprint density at radius 2 is 1.50 bits per heavy atom. The molecule has 52 heavy (non-hydrogen) atoms. The molecule has 3 atom stereocenters. The Kier molecular flexibility index (Phi) is 12.4. The van der Waals surface area contributed by atoms with Crippen molar-refractivity contribution in [3.05, 3.63) is 141 Å². The number of rotatable bonds is 14. The quantitative estimate of drug-likeness (QED) is 0.136. The topological polar surface area (TPSA) is 150 Å². The lowest BCUT2D eigenvalue weighted by Crippen LogP contribution is -2.61. The van der Waals surface area contributed by atoms with Gasteiger partial charge in [-0.1, -0.05) is 102 Å². The first-order chi connectivity index (χ1) is 24.9. The van der Waals surface area contributed by atoms with E-state index in [1.165, 1.54) is 29.2 Å². The van der Waals surface area contributed by atoms with Crippen molar-refractivity contribution in [2.45, 2.75) is 37.3 Å². The number of hydrogen-bond donors (Lipinski definition) is 2. The van der Waals surface area contributed by atoms with E-state index < -0.39 is 71.6 Å². The summed E-state index contributed by atoms with van der Waals surface area (Å²) in [4.78, 5) is 69.4. The SMILES string of the molecule is NC(=O)COC(=O)C1CC(=O)[N+](CCc2ccc(Cl)cc2Cl)(C(C(N)=O)c2ccccc2F)CC(=O)N1CCC(c1ccccc1)c1ccccc1. The molecule has 4 aromatic carbocycles. The highest BCUT2D eigenvalue weighted by Crippen LogP contribution is 2.37. The second kappa shape index (κ2) is 16.9. The summed E-state index contributed by atoms with van der Waals surface area (Å²) < 4.78 is 19.8. The molecule has 0 bridgehead atoms. The van der Waals surface area contributed by atoms with Crippen LogP contribution in [-0.2, 0) is 35.1 Å². The minimum absolute atomic E-state index is 0.0269. The fourth-order valence-electron chi connectivity index (χ4n) is 6.92. The molecule has 270 valence electrons. The minimum atomic E-state index is -1.66. The summed E-state index contributed by atoms with van der Waals surface area (Å²) in [6.45, 7) is -1.67. The Morgan fingerprint density at radius 1 is 0.885 bits per heavy atom. The molecule has 0 aliphatic carbocycles. The zero-order chi connectivity index (χ0) is 37.4. The van der Waals surface area contributed by atoms with Gasteiger partial charge in [0.1, 0.15) is 11.9 Å².